The standard InChI is InChI=1S/C29H28N4O3/c1-3-23-26(28(35)32(30-23)20-11-7-5-8-12-20)25(19-15-17-22(34)18-16-19)27-24(4-2)31-33(29(27)36)21-13-9-6-10-14-21/h5-18,25-27,34H,3-4H2,1-2H3. The molecule has 5 rings (SSSR count). The van der Waals surface area contributed by atoms with Gasteiger partial charge in [-0.15, -0.1) is 0 Å². The predicted octanol–water partition coefficient (Wildman–Crippen LogP) is 5.33. The van der Waals surface area contributed by atoms with Crippen LogP contribution >= 0.6 is 0 Å². The number of hydrazone groups is 2. The fraction of sp³-hybridized carbons (Fsp3) is 0.241. The second-order valence-electron chi connectivity index (χ2n) is 8.93. The van der Waals surface area contributed by atoms with Crippen LogP contribution in [0.15, 0.2) is 95.1 Å². The minimum atomic E-state index is -0.638. The first-order valence-corrected chi connectivity index (χ1v) is 12.2. The lowest BCUT2D eigenvalue weighted by Crippen LogP contribution is -2.40. The number of para-hydroxylation sites is 2. The fourth-order valence-corrected chi connectivity index (χ4v) is 5.11. The molecule has 0 aliphatic carbocycles. The zero-order chi connectivity index (χ0) is 25.2. The molecular formula is C29H28N4O3. The second-order valence-corrected chi connectivity index (χ2v) is 8.93. The number of phenols is 1. The molecule has 0 spiro atoms. The average Bonchev–Trinajstić information content (AvgIpc) is 3.43. The molecule has 7 nitrogen and oxygen atoms in total. The fourth-order valence-electron chi connectivity index (χ4n) is 5.11. The molecule has 182 valence electrons. The van der Waals surface area contributed by atoms with Crippen molar-refractivity contribution in [2.24, 2.45) is 22.0 Å². The van der Waals surface area contributed by atoms with Crippen LogP contribution in [0, 0.1) is 11.8 Å². The maximum Gasteiger partial charge on any atom is 0.256 e. The number of carbonyl (C=O) groups excluding carboxylic acids is 2. The van der Waals surface area contributed by atoms with Crippen molar-refractivity contribution >= 4 is 34.6 Å². The lowest BCUT2D eigenvalue weighted by Gasteiger charge is -2.29. The Balaban J connectivity index is 1.61. The lowest BCUT2D eigenvalue weighted by molar-refractivity contribution is -0.122. The number of phenolic OH excluding ortho intramolecular Hbond substituents is 1. The number of aromatic hydroxyl groups is 1. The van der Waals surface area contributed by atoms with Crippen molar-refractivity contribution < 1.29 is 14.7 Å². The topological polar surface area (TPSA) is 85.6 Å². The summed E-state index contributed by atoms with van der Waals surface area (Å²) in [4.78, 5) is 27.9. The summed E-state index contributed by atoms with van der Waals surface area (Å²) in [6, 6.07) is 25.4. The van der Waals surface area contributed by atoms with Gasteiger partial charge in [-0.2, -0.15) is 10.2 Å². The minimum Gasteiger partial charge on any atom is -0.508 e. The van der Waals surface area contributed by atoms with Gasteiger partial charge in [0.15, 0.2) is 0 Å². The van der Waals surface area contributed by atoms with E-state index in [1.165, 1.54) is 10.0 Å². The monoisotopic (exact) mass is 480 g/mol. The summed E-state index contributed by atoms with van der Waals surface area (Å²) in [5, 5.41) is 22.3. The van der Waals surface area contributed by atoms with Crippen molar-refractivity contribution in [3.05, 3.63) is 90.5 Å². The number of nitrogens with zero attached hydrogens (tertiary/aromatic N) is 4. The molecule has 7 heteroatoms. The Morgan fingerprint density at radius 2 is 1.11 bits per heavy atom. The van der Waals surface area contributed by atoms with Gasteiger partial charge in [-0.05, 0) is 54.8 Å². The highest BCUT2D eigenvalue weighted by Gasteiger charge is 2.51. The highest BCUT2D eigenvalue weighted by Crippen LogP contribution is 2.43. The Hall–Kier alpha value is -4.26. The van der Waals surface area contributed by atoms with Crippen LogP contribution in [0.4, 0.5) is 11.4 Å². The summed E-state index contributed by atoms with van der Waals surface area (Å²) in [5.41, 5.74) is 3.62. The highest BCUT2D eigenvalue weighted by molar-refractivity contribution is 6.20. The Bertz CT molecular complexity index is 1240. The van der Waals surface area contributed by atoms with Gasteiger partial charge in [0.2, 0.25) is 0 Å². The normalized spacial score (nSPS) is 20.5. The summed E-state index contributed by atoms with van der Waals surface area (Å²) in [5.74, 6) is -2.01. The summed E-state index contributed by atoms with van der Waals surface area (Å²) in [6.07, 6.45) is 1.13. The first-order valence-electron chi connectivity index (χ1n) is 12.2. The van der Waals surface area contributed by atoms with Gasteiger partial charge >= 0.3 is 0 Å². The molecule has 0 bridgehead atoms. The molecule has 1 N–H and O–H groups in total. The van der Waals surface area contributed by atoms with Crippen molar-refractivity contribution in [3.8, 4) is 5.75 Å². The van der Waals surface area contributed by atoms with Crippen LogP contribution in [-0.2, 0) is 9.59 Å². The van der Waals surface area contributed by atoms with E-state index in [4.69, 9.17) is 10.2 Å². The molecule has 0 radical (unpaired) electrons. The number of anilines is 2. The summed E-state index contributed by atoms with van der Waals surface area (Å²) in [7, 11) is 0. The number of benzene rings is 3. The zero-order valence-electron chi connectivity index (χ0n) is 20.3. The predicted molar refractivity (Wildman–Crippen MR) is 141 cm³/mol. The molecule has 2 aliphatic rings. The number of hydrogen-bond acceptors (Lipinski definition) is 5. The number of hydrogen-bond donors (Lipinski definition) is 1. The van der Waals surface area contributed by atoms with E-state index in [1.54, 1.807) is 24.3 Å². The lowest BCUT2D eigenvalue weighted by atomic mass is 9.71. The van der Waals surface area contributed by atoms with E-state index >= 15 is 0 Å². The Morgan fingerprint density at radius 1 is 0.694 bits per heavy atom. The van der Waals surface area contributed by atoms with Crippen LogP contribution in [0.3, 0.4) is 0 Å². The van der Waals surface area contributed by atoms with Crippen LogP contribution in [0.2, 0.25) is 0 Å². The maximum atomic E-state index is 14.0. The average molecular weight is 481 g/mol. The van der Waals surface area contributed by atoms with E-state index in [2.05, 4.69) is 0 Å². The highest BCUT2D eigenvalue weighted by atomic mass is 16.3. The van der Waals surface area contributed by atoms with Gasteiger partial charge in [0, 0.05) is 5.92 Å². The van der Waals surface area contributed by atoms with Crippen molar-refractivity contribution in [3.63, 3.8) is 0 Å². The van der Waals surface area contributed by atoms with Crippen LogP contribution in [0.5, 0.6) is 5.75 Å². The smallest absolute Gasteiger partial charge is 0.256 e. The summed E-state index contributed by atoms with van der Waals surface area (Å²) < 4.78 is 0. The van der Waals surface area contributed by atoms with Crippen LogP contribution in [-0.4, -0.2) is 28.3 Å². The summed E-state index contributed by atoms with van der Waals surface area (Å²) >= 11 is 0. The Morgan fingerprint density at radius 3 is 1.50 bits per heavy atom. The first kappa shape index (κ1) is 23.5. The number of carbonyl (C=O) groups is 2. The molecule has 2 unspecified atom stereocenters. The van der Waals surface area contributed by atoms with Gasteiger partial charge in [-0.25, -0.2) is 10.0 Å². The quantitative estimate of drug-likeness (QED) is 0.496. The second kappa shape index (κ2) is 9.77. The van der Waals surface area contributed by atoms with Crippen molar-refractivity contribution in [2.45, 2.75) is 32.6 Å². The van der Waals surface area contributed by atoms with E-state index in [9.17, 15) is 14.7 Å². The van der Waals surface area contributed by atoms with E-state index in [0.29, 0.717) is 24.2 Å². The molecule has 3 aromatic carbocycles. The van der Waals surface area contributed by atoms with Gasteiger partial charge in [0.05, 0.1) is 34.6 Å². The molecule has 3 aromatic rings. The van der Waals surface area contributed by atoms with Gasteiger partial charge in [0.25, 0.3) is 11.8 Å². The van der Waals surface area contributed by atoms with Gasteiger partial charge in [0.1, 0.15) is 5.75 Å². The molecule has 0 saturated carbocycles. The number of rotatable bonds is 7. The SMILES string of the molecule is CCC1=NN(c2ccccc2)C(=O)C1C(c1ccc(O)cc1)C1C(=O)N(c2ccccc2)N=C1CC. The zero-order valence-corrected chi connectivity index (χ0v) is 20.3. The third kappa shape index (κ3) is 4.06. The van der Waals surface area contributed by atoms with E-state index < -0.39 is 17.8 Å². The molecule has 2 heterocycles. The number of amides is 2. The third-order valence-electron chi connectivity index (χ3n) is 6.85. The molecule has 2 atom stereocenters. The van der Waals surface area contributed by atoms with Crippen molar-refractivity contribution in [2.75, 3.05) is 10.0 Å². The maximum absolute atomic E-state index is 14.0. The van der Waals surface area contributed by atoms with E-state index in [1.807, 2.05) is 74.5 Å². The molecular weight excluding hydrogens is 452 g/mol. The largest absolute Gasteiger partial charge is 0.508 e. The molecule has 36 heavy (non-hydrogen) atoms. The van der Waals surface area contributed by atoms with E-state index in [0.717, 1.165) is 17.0 Å². The molecule has 2 amide bonds. The third-order valence-corrected chi connectivity index (χ3v) is 6.85. The van der Waals surface area contributed by atoms with E-state index in [-0.39, 0.29) is 17.6 Å². The van der Waals surface area contributed by atoms with Gasteiger partial charge < -0.3 is 5.11 Å². The van der Waals surface area contributed by atoms with Crippen LogP contribution < -0.4 is 10.0 Å². The minimum absolute atomic E-state index is 0.124. The molecule has 2 aliphatic heterocycles. The molecule has 0 aromatic heterocycles. The summed E-state index contributed by atoms with van der Waals surface area (Å²) in [6.45, 7) is 3.95. The van der Waals surface area contributed by atoms with Gasteiger partial charge in [-0.3, -0.25) is 9.59 Å². The van der Waals surface area contributed by atoms with Crippen molar-refractivity contribution in [1.29, 1.82) is 0 Å². The van der Waals surface area contributed by atoms with Crippen molar-refractivity contribution in [1.82, 2.24) is 0 Å². The first-order chi connectivity index (χ1) is 17.5. The Labute approximate surface area is 210 Å². The molecule has 0 fully saturated rings. The molecule has 0 saturated heterocycles. The van der Waals surface area contributed by atoms with Crippen LogP contribution in [0.25, 0.3) is 0 Å². The Kier molecular flexibility index (Phi) is 6.38. The van der Waals surface area contributed by atoms with Crippen LogP contribution in [0.1, 0.15) is 38.2 Å². The van der Waals surface area contributed by atoms with Gasteiger partial charge in [-0.1, -0.05) is 62.4 Å².